The van der Waals surface area contributed by atoms with Gasteiger partial charge in [-0.2, -0.15) is 0 Å². The van der Waals surface area contributed by atoms with Crippen LogP contribution in [0.3, 0.4) is 0 Å². The molecule has 0 bridgehead atoms. The van der Waals surface area contributed by atoms with Crippen LogP contribution in [0.15, 0.2) is 72.9 Å². The van der Waals surface area contributed by atoms with Crippen LogP contribution in [0, 0.1) is 0 Å². The summed E-state index contributed by atoms with van der Waals surface area (Å²) < 4.78 is 34.1. The summed E-state index contributed by atoms with van der Waals surface area (Å²) in [5.41, 5.74) is 0. The van der Waals surface area contributed by atoms with Crippen LogP contribution < -0.4 is 0 Å². The highest BCUT2D eigenvalue weighted by atomic mass is 31.2. The van der Waals surface area contributed by atoms with Gasteiger partial charge < -0.3 is 18.9 Å². The smallest absolute Gasteiger partial charge is 0.462 e. The van der Waals surface area contributed by atoms with E-state index in [-0.39, 0.29) is 26.1 Å². The minimum Gasteiger partial charge on any atom is -0.462 e. The third-order valence-corrected chi connectivity index (χ3v) is 9.00. The normalized spacial score (nSPS) is 14.5. The van der Waals surface area contributed by atoms with Crippen LogP contribution in [-0.2, 0) is 32.7 Å². The van der Waals surface area contributed by atoms with Crippen molar-refractivity contribution in [2.45, 2.75) is 142 Å². The number of allylic oxidation sites excluding steroid dienone is 12. The second-order valence-electron chi connectivity index (χ2n) is 14.3. The van der Waals surface area contributed by atoms with Crippen LogP contribution >= 0.6 is 7.82 Å². The summed E-state index contributed by atoms with van der Waals surface area (Å²) in [5, 5.41) is 0. The fraction of sp³-hybridized carbons (Fsp3) is 0.674. The lowest BCUT2D eigenvalue weighted by Gasteiger charge is -2.24. The van der Waals surface area contributed by atoms with Gasteiger partial charge in [-0.25, -0.2) is 4.57 Å². The lowest BCUT2D eigenvalue weighted by Crippen LogP contribution is -2.37. The van der Waals surface area contributed by atoms with Crippen molar-refractivity contribution in [3.05, 3.63) is 72.9 Å². The van der Waals surface area contributed by atoms with E-state index in [1.165, 1.54) is 44.9 Å². The summed E-state index contributed by atoms with van der Waals surface area (Å²) in [4.78, 5) is 35.2. The largest absolute Gasteiger partial charge is 0.472 e. The number of carbonyl (C=O) groups is 2. The van der Waals surface area contributed by atoms with E-state index in [1.54, 1.807) is 0 Å². The predicted molar refractivity (Wildman–Crippen MR) is 219 cm³/mol. The molecule has 1 unspecified atom stereocenters. The van der Waals surface area contributed by atoms with E-state index in [1.807, 2.05) is 33.3 Å². The lowest BCUT2D eigenvalue weighted by atomic mass is 10.1. The van der Waals surface area contributed by atoms with E-state index in [9.17, 15) is 19.0 Å². The number of likely N-dealkylation sites (N-methyl/N-ethyl adjacent to an activating group) is 1. The van der Waals surface area contributed by atoms with Crippen LogP contribution in [0.5, 0.6) is 0 Å². The van der Waals surface area contributed by atoms with Gasteiger partial charge in [-0.05, 0) is 51.4 Å². The fourth-order valence-electron chi connectivity index (χ4n) is 4.86. The first-order valence-corrected chi connectivity index (χ1v) is 21.7. The average molecular weight is 765 g/mol. The van der Waals surface area contributed by atoms with E-state index in [4.69, 9.17) is 18.5 Å². The second kappa shape index (κ2) is 35.2. The van der Waals surface area contributed by atoms with Crippen molar-refractivity contribution in [1.82, 2.24) is 0 Å². The maximum atomic E-state index is 12.6. The van der Waals surface area contributed by atoms with Crippen LogP contribution in [-0.4, -0.2) is 74.9 Å². The molecule has 0 rings (SSSR count). The molecule has 0 saturated heterocycles. The molecular formula is C43H75NO8P+. The lowest BCUT2D eigenvalue weighted by molar-refractivity contribution is -0.870. The summed E-state index contributed by atoms with van der Waals surface area (Å²) >= 11 is 0. The molecule has 0 aliphatic carbocycles. The van der Waals surface area contributed by atoms with Gasteiger partial charge in [-0.3, -0.25) is 18.6 Å². The van der Waals surface area contributed by atoms with E-state index in [0.717, 1.165) is 57.8 Å². The highest BCUT2D eigenvalue weighted by molar-refractivity contribution is 7.47. The Labute approximate surface area is 323 Å². The van der Waals surface area contributed by atoms with E-state index in [0.29, 0.717) is 17.4 Å². The fourth-order valence-corrected chi connectivity index (χ4v) is 5.60. The molecule has 0 spiro atoms. The molecule has 0 aliphatic heterocycles. The summed E-state index contributed by atoms with van der Waals surface area (Å²) in [6, 6.07) is 0. The number of nitrogens with zero attached hydrogens (tertiary/aromatic N) is 1. The monoisotopic (exact) mass is 765 g/mol. The molecule has 0 aromatic rings. The molecule has 304 valence electrons. The van der Waals surface area contributed by atoms with Gasteiger partial charge in [0.1, 0.15) is 19.8 Å². The number of carbonyl (C=O) groups excluding carboxylic acids is 2. The highest BCUT2D eigenvalue weighted by Crippen LogP contribution is 2.43. The van der Waals surface area contributed by atoms with Crippen LogP contribution in [0.4, 0.5) is 0 Å². The zero-order valence-corrected chi connectivity index (χ0v) is 34.9. The van der Waals surface area contributed by atoms with Crippen molar-refractivity contribution < 1.29 is 42.1 Å². The molecule has 0 aromatic heterocycles. The Kier molecular flexibility index (Phi) is 33.5. The zero-order valence-electron chi connectivity index (χ0n) is 34.0. The van der Waals surface area contributed by atoms with Crippen molar-refractivity contribution in [3.63, 3.8) is 0 Å². The Hall–Kier alpha value is -2.55. The first kappa shape index (κ1) is 50.5. The molecule has 10 heteroatoms. The number of phosphoric acid groups is 1. The van der Waals surface area contributed by atoms with E-state index < -0.39 is 32.5 Å². The van der Waals surface area contributed by atoms with Crippen molar-refractivity contribution in [2.24, 2.45) is 0 Å². The van der Waals surface area contributed by atoms with Crippen molar-refractivity contribution in [2.75, 3.05) is 47.5 Å². The SMILES string of the molecule is CC/C=C\C/C=C\C/C=C\C/C=C\C/C=C\C/C=C\CCC(=O)O[C@H](COC(=O)CCCCCCCCCCCC)COP(=O)(O)OCC[N+](C)(C)C. The van der Waals surface area contributed by atoms with Gasteiger partial charge >= 0.3 is 19.8 Å². The minimum absolute atomic E-state index is 0.0154. The summed E-state index contributed by atoms with van der Waals surface area (Å²) in [5.74, 6) is -0.905. The number of hydrogen-bond acceptors (Lipinski definition) is 7. The van der Waals surface area contributed by atoms with E-state index >= 15 is 0 Å². The third kappa shape index (κ3) is 39.0. The second-order valence-corrected chi connectivity index (χ2v) is 15.7. The summed E-state index contributed by atoms with van der Waals surface area (Å²) in [6.07, 6.45) is 42.6. The Balaban J connectivity index is 4.55. The molecule has 0 radical (unpaired) electrons. The predicted octanol–water partition coefficient (Wildman–Crippen LogP) is 11.1. The Morgan fingerprint density at radius 3 is 1.57 bits per heavy atom. The maximum absolute atomic E-state index is 12.6. The van der Waals surface area contributed by atoms with E-state index in [2.05, 4.69) is 74.6 Å². The molecule has 0 fully saturated rings. The van der Waals surface area contributed by atoms with Crippen LogP contribution in [0.2, 0.25) is 0 Å². The van der Waals surface area contributed by atoms with Crippen molar-refractivity contribution >= 4 is 19.8 Å². The molecular weight excluding hydrogens is 689 g/mol. The van der Waals surface area contributed by atoms with Gasteiger partial charge in [0.15, 0.2) is 6.10 Å². The van der Waals surface area contributed by atoms with Crippen molar-refractivity contribution in [3.8, 4) is 0 Å². The van der Waals surface area contributed by atoms with Crippen LogP contribution in [0.25, 0.3) is 0 Å². The Morgan fingerprint density at radius 2 is 1.08 bits per heavy atom. The van der Waals surface area contributed by atoms with Crippen LogP contribution in [0.1, 0.15) is 136 Å². The first-order valence-electron chi connectivity index (χ1n) is 20.2. The minimum atomic E-state index is -4.39. The maximum Gasteiger partial charge on any atom is 0.472 e. The Morgan fingerprint density at radius 1 is 0.604 bits per heavy atom. The molecule has 2 atom stereocenters. The number of unbranched alkanes of at least 4 members (excludes halogenated alkanes) is 9. The molecule has 0 saturated carbocycles. The third-order valence-electron chi connectivity index (χ3n) is 8.01. The molecule has 53 heavy (non-hydrogen) atoms. The molecule has 0 aliphatic rings. The topological polar surface area (TPSA) is 108 Å². The molecule has 0 aromatic carbocycles. The van der Waals surface area contributed by atoms with Gasteiger partial charge in [-0.15, -0.1) is 0 Å². The number of ether oxygens (including phenoxy) is 2. The highest BCUT2D eigenvalue weighted by Gasteiger charge is 2.27. The summed E-state index contributed by atoms with van der Waals surface area (Å²) in [6.45, 7) is 4.18. The van der Waals surface area contributed by atoms with Crippen molar-refractivity contribution in [1.29, 1.82) is 0 Å². The standard InChI is InChI=1S/C43H74NO8P/c1-6-8-10-12-14-16-18-19-20-21-22-23-24-25-26-28-30-32-34-36-43(46)52-41(40-51-53(47,48)50-38-37-44(3,4)5)39-49-42(45)35-33-31-29-27-17-15-13-11-9-7-2/h8,10,14,16,19-20,22-23,25-26,30,32,41H,6-7,9,11-13,15,17-18,21,24,27-29,31,33-40H2,1-5H3/p+1/b10-8-,16-14-,20-19-,23-22-,26-25-,32-30-/t41-/m1/s1. The zero-order chi connectivity index (χ0) is 39.3. The first-order chi connectivity index (χ1) is 25.5. The number of quaternary nitrogens is 1. The number of hydrogen-bond donors (Lipinski definition) is 1. The molecule has 9 nitrogen and oxygen atoms in total. The average Bonchev–Trinajstić information content (AvgIpc) is 3.10. The molecule has 0 heterocycles. The Bertz CT molecular complexity index is 1140. The van der Waals surface area contributed by atoms with Gasteiger partial charge in [-0.1, -0.05) is 145 Å². The van der Waals surface area contributed by atoms with Gasteiger partial charge in [0.25, 0.3) is 0 Å². The van der Waals surface area contributed by atoms with Gasteiger partial charge in [0.05, 0.1) is 27.7 Å². The summed E-state index contributed by atoms with van der Waals surface area (Å²) in [7, 11) is 1.42. The molecule has 1 N–H and O–H groups in total. The quantitative estimate of drug-likeness (QED) is 0.0223. The number of phosphoric ester groups is 1. The number of esters is 2. The number of rotatable bonds is 35. The molecule has 0 amide bonds. The van der Waals surface area contributed by atoms with Gasteiger partial charge in [0.2, 0.25) is 0 Å². The van der Waals surface area contributed by atoms with Gasteiger partial charge in [0, 0.05) is 12.8 Å².